The summed E-state index contributed by atoms with van der Waals surface area (Å²) in [6.45, 7) is 10.9. The fourth-order valence-corrected chi connectivity index (χ4v) is 3.14. The molecule has 2 rings (SSSR count). The second kappa shape index (κ2) is 10.3. The molecule has 8 heteroatoms. The van der Waals surface area contributed by atoms with Crippen LogP contribution in [0.3, 0.4) is 0 Å². The van der Waals surface area contributed by atoms with E-state index in [1.54, 1.807) is 0 Å². The number of amides is 2. The summed E-state index contributed by atoms with van der Waals surface area (Å²) in [4.78, 5) is 22.6. The summed E-state index contributed by atoms with van der Waals surface area (Å²) in [6.07, 6.45) is 3.40. The smallest absolute Gasteiger partial charge is 0.407 e. The van der Waals surface area contributed by atoms with Gasteiger partial charge in [-0.05, 0) is 80.1 Å². The Labute approximate surface area is 168 Å². The number of ether oxygens (including phenoxy) is 2. The Balaban J connectivity index is 0.000000280. The average molecular weight is 403 g/mol. The molecule has 2 saturated carbocycles. The molecule has 4 atom stereocenters. The molecule has 0 spiro atoms. The quantitative estimate of drug-likeness (QED) is 0.564. The largest absolute Gasteiger partial charge is 0.444 e. The van der Waals surface area contributed by atoms with Gasteiger partial charge in [0.2, 0.25) is 0 Å². The summed E-state index contributed by atoms with van der Waals surface area (Å²) in [7, 11) is 0. The van der Waals surface area contributed by atoms with Gasteiger partial charge in [-0.3, -0.25) is 0 Å². The van der Waals surface area contributed by atoms with E-state index in [1.807, 2.05) is 41.5 Å². The van der Waals surface area contributed by atoms with Crippen molar-refractivity contribution in [2.75, 3.05) is 0 Å². The fraction of sp³-hybridized carbons (Fsp3) is 0.900. The molecule has 0 aliphatic heterocycles. The fourth-order valence-electron chi connectivity index (χ4n) is 3.14. The molecule has 164 valence electrons. The van der Waals surface area contributed by atoms with Crippen LogP contribution in [-0.2, 0) is 9.47 Å². The number of aliphatic hydroxyl groups excluding tert-OH is 2. The Bertz CT molecular complexity index is 466. The molecule has 28 heavy (non-hydrogen) atoms. The first kappa shape index (κ1) is 24.5. The molecule has 2 aliphatic rings. The first-order valence-corrected chi connectivity index (χ1v) is 10.1. The number of carbonyl (C=O) groups excluding carboxylic acids is 2. The standard InChI is InChI=1S/2C10H19NO3/c2*1-10(2,3)14-9(13)11-7-5-4-6-8(7)12/h2*7-8,12H,4-6H2,1-3H3,(H,11,13)/t2*7-,8+/m10/s1. The normalized spacial score (nSPS) is 27.4. The van der Waals surface area contributed by atoms with Crippen LogP contribution in [0.4, 0.5) is 9.59 Å². The van der Waals surface area contributed by atoms with Crippen molar-refractivity contribution in [3.8, 4) is 0 Å². The Morgan fingerprint density at radius 3 is 1.25 bits per heavy atom. The van der Waals surface area contributed by atoms with E-state index >= 15 is 0 Å². The lowest BCUT2D eigenvalue weighted by atomic mass is 10.2. The summed E-state index contributed by atoms with van der Waals surface area (Å²) in [5, 5.41) is 24.3. The van der Waals surface area contributed by atoms with E-state index in [2.05, 4.69) is 10.6 Å². The maximum Gasteiger partial charge on any atom is 0.407 e. The van der Waals surface area contributed by atoms with Crippen molar-refractivity contribution in [1.82, 2.24) is 10.6 Å². The van der Waals surface area contributed by atoms with Crippen LogP contribution in [0.25, 0.3) is 0 Å². The summed E-state index contributed by atoms with van der Waals surface area (Å²) in [6, 6.07) is -0.269. The Morgan fingerprint density at radius 1 is 0.714 bits per heavy atom. The van der Waals surface area contributed by atoms with Crippen molar-refractivity contribution in [3.05, 3.63) is 0 Å². The van der Waals surface area contributed by atoms with Gasteiger partial charge < -0.3 is 30.3 Å². The number of hydrogen-bond acceptors (Lipinski definition) is 6. The molecule has 0 aromatic heterocycles. The Morgan fingerprint density at radius 2 is 1.04 bits per heavy atom. The first-order chi connectivity index (χ1) is 12.8. The molecule has 0 bridgehead atoms. The van der Waals surface area contributed by atoms with E-state index < -0.39 is 35.6 Å². The highest BCUT2D eigenvalue weighted by Crippen LogP contribution is 2.20. The average Bonchev–Trinajstić information content (AvgIpc) is 3.05. The van der Waals surface area contributed by atoms with Crippen LogP contribution >= 0.6 is 0 Å². The summed E-state index contributed by atoms with van der Waals surface area (Å²) < 4.78 is 10.2. The second-order valence-electron chi connectivity index (χ2n) is 9.50. The molecule has 2 amide bonds. The van der Waals surface area contributed by atoms with Gasteiger partial charge in [-0.2, -0.15) is 0 Å². The van der Waals surface area contributed by atoms with Crippen molar-refractivity contribution in [1.29, 1.82) is 0 Å². The van der Waals surface area contributed by atoms with Gasteiger partial charge in [-0.15, -0.1) is 0 Å². The first-order valence-electron chi connectivity index (χ1n) is 10.1. The third-order valence-corrected chi connectivity index (χ3v) is 4.36. The van der Waals surface area contributed by atoms with Crippen LogP contribution < -0.4 is 10.6 Å². The maximum absolute atomic E-state index is 11.3. The van der Waals surface area contributed by atoms with Crippen molar-refractivity contribution in [2.45, 2.75) is 116 Å². The van der Waals surface area contributed by atoms with Crippen LogP contribution in [0.15, 0.2) is 0 Å². The van der Waals surface area contributed by atoms with Gasteiger partial charge in [0.25, 0.3) is 0 Å². The molecule has 4 N–H and O–H groups in total. The van der Waals surface area contributed by atoms with Crippen molar-refractivity contribution >= 4 is 12.2 Å². The van der Waals surface area contributed by atoms with E-state index in [0.29, 0.717) is 0 Å². The zero-order chi connectivity index (χ0) is 21.5. The molecule has 0 radical (unpaired) electrons. The summed E-state index contributed by atoms with van der Waals surface area (Å²) in [5.41, 5.74) is -0.957. The molecule has 0 unspecified atom stereocenters. The lowest BCUT2D eigenvalue weighted by Crippen LogP contribution is -2.42. The molecular weight excluding hydrogens is 364 g/mol. The molecular formula is C20H38N2O6. The highest BCUT2D eigenvalue weighted by molar-refractivity contribution is 5.68. The van der Waals surface area contributed by atoms with Crippen LogP contribution in [-0.4, -0.2) is 57.9 Å². The van der Waals surface area contributed by atoms with Crippen molar-refractivity contribution in [2.24, 2.45) is 0 Å². The number of aliphatic hydroxyl groups is 2. The molecule has 0 aromatic carbocycles. The summed E-state index contributed by atoms with van der Waals surface area (Å²) in [5.74, 6) is 0. The highest BCUT2D eigenvalue weighted by atomic mass is 16.6. The Kier molecular flexibility index (Phi) is 9.01. The molecule has 2 fully saturated rings. The minimum atomic E-state index is -0.479. The third-order valence-electron chi connectivity index (χ3n) is 4.36. The molecule has 0 saturated heterocycles. The topological polar surface area (TPSA) is 117 Å². The van der Waals surface area contributed by atoms with Gasteiger partial charge in [0.05, 0.1) is 24.3 Å². The molecule has 8 nitrogen and oxygen atoms in total. The zero-order valence-electron chi connectivity index (χ0n) is 18.1. The van der Waals surface area contributed by atoms with Crippen molar-refractivity contribution < 1.29 is 29.3 Å². The lowest BCUT2D eigenvalue weighted by molar-refractivity contribution is 0.0441. The highest BCUT2D eigenvalue weighted by Gasteiger charge is 2.29. The minimum absolute atomic E-state index is 0.134. The van der Waals surface area contributed by atoms with Gasteiger partial charge in [-0.1, -0.05) is 0 Å². The van der Waals surface area contributed by atoms with Crippen molar-refractivity contribution in [3.63, 3.8) is 0 Å². The SMILES string of the molecule is CC(C)(C)OC(=O)N[C@@H]1CCC[C@@H]1O.CC(C)(C)OC(=O)N[C@H]1CCC[C@H]1O. The molecule has 2 aliphatic carbocycles. The van der Waals surface area contributed by atoms with Gasteiger partial charge >= 0.3 is 12.2 Å². The predicted molar refractivity (Wildman–Crippen MR) is 106 cm³/mol. The van der Waals surface area contributed by atoms with E-state index in [-0.39, 0.29) is 12.1 Å². The van der Waals surface area contributed by atoms with E-state index in [9.17, 15) is 19.8 Å². The predicted octanol–water partition coefficient (Wildman–Crippen LogP) is 2.85. The number of carbonyl (C=O) groups is 2. The number of hydrogen-bond donors (Lipinski definition) is 4. The third kappa shape index (κ3) is 10.1. The van der Waals surface area contributed by atoms with Crippen LogP contribution in [0.1, 0.15) is 80.1 Å². The number of rotatable bonds is 2. The second-order valence-corrected chi connectivity index (χ2v) is 9.50. The van der Waals surface area contributed by atoms with Gasteiger partial charge in [-0.25, -0.2) is 9.59 Å². The monoisotopic (exact) mass is 402 g/mol. The van der Waals surface area contributed by atoms with E-state index in [0.717, 1.165) is 38.5 Å². The van der Waals surface area contributed by atoms with E-state index in [4.69, 9.17) is 9.47 Å². The van der Waals surface area contributed by atoms with Crippen LogP contribution in [0.2, 0.25) is 0 Å². The Hall–Kier alpha value is -1.54. The van der Waals surface area contributed by atoms with E-state index in [1.165, 1.54) is 0 Å². The summed E-state index contributed by atoms with van der Waals surface area (Å²) >= 11 is 0. The van der Waals surface area contributed by atoms with Crippen LogP contribution in [0, 0.1) is 0 Å². The number of nitrogens with one attached hydrogen (secondary N) is 2. The molecule has 0 heterocycles. The van der Waals surface area contributed by atoms with Gasteiger partial charge in [0.15, 0.2) is 0 Å². The maximum atomic E-state index is 11.3. The van der Waals surface area contributed by atoms with Crippen LogP contribution in [0.5, 0.6) is 0 Å². The lowest BCUT2D eigenvalue weighted by Gasteiger charge is -2.22. The van der Waals surface area contributed by atoms with Gasteiger partial charge in [0, 0.05) is 0 Å². The zero-order valence-corrected chi connectivity index (χ0v) is 18.1. The minimum Gasteiger partial charge on any atom is -0.444 e. The van der Waals surface area contributed by atoms with Gasteiger partial charge in [0.1, 0.15) is 11.2 Å². The molecule has 0 aromatic rings. The number of alkyl carbamates (subject to hydrolysis) is 2.